The van der Waals surface area contributed by atoms with Crippen molar-refractivity contribution in [2.24, 2.45) is 0 Å². The molecule has 1 aliphatic rings. The molecule has 1 atom stereocenters. The Morgan fingerprint density at radius 2 is 2.03 bits per heavy atom. The number of ether oxygens (including phenoxy) is 1. The molecule has 9 heteroatoms. The Morgan fingerprint density at radius 1 is 1.21 bits per heavy atom. The van der Waals surface area contributed by atoms with Gasteiger partial charge in [0.15, 0.2) is 0 Å². The summed E-state index contributed by atoms with van der Waals surface area (Å²) in [5.74, 6) is 0.640. The number of nitrogens with one attached hydrogen (secondary N) is 2. The molecule has 1 saturated heterocycles. The first-order valence-corrected chi connectivity index (χ1v) is 9.28. The number of benzene rings is 1. The monoisotopic (exact) mass is 395 g/mol. The summed E-state index contributed by atoms with van der Waals surface area (Å²) in [6.07, 6.45) is 5.07. The third-order valence-electron chi connectivity index (χ3n) is 4.75. The number of hydrogen-bond acceptors (Lipinski definition) is 4. The van der Waals surface area contributed by atoms with E-state index < -0.39 is 6.09 Å². The Kier molecular flexibility index (Phi) is 5.19. The van der Waals surface area contributed by atoms with Gasteiger partial charge in [-0.3, -0.25) is 0 Å². The molecule has 0 bridgehead atoms. The Labute approximate surface area is 166 Å². The number of nitrogens with zero attached hydrogens (tertiary/aromatic N) is 3. The zero-order valence-corrected chi connectivity index (χ0v) is 15.6. The summed E-state index contributed by atoms with van der Waals surface area (Å²) in [6, 6.07) is 10.5. The van der Waals surface area contributed by atoms with Gasteiger partial charge in [0.1, 0.15) is 17.5 Å². The molecule has 1 fully saturated rings. The van der Waals surface area contributed by atoms with Gasteiger partial charge in [-0.1, -0.05) is 0 Å². The van der Waals surface area contributed by atoms with E-state index in [2.05, 4.69) is 15.6 Å². The Bertz CT molecular complexity index is 1020. The van der Waals surface area contributed by atoms with Crippen LogP contribution in [0.15, 0.2) is 55.0 Å². The lowest BCUT2D eigenvalue weighted by molar-refractivity contribution is 0.145. The van der Waals surface area contributed by atoms with Gasteiger partial charge in [-0.25, -0.2) is 14.6 Å². The summed E-state index contributed by atoms with van der Waals surface area (Å²) >= 11 is 0. The number of likely N-dealkylation sites (tertiary alicyclic amines) is 1. The highest BCUT2D eigenvalue weighted by Gasteiger charge is 2.27. The number of hydrogen-bond donors (Lipinski definition) is 3. The quantitative estimate of drug-likeness (QED) is 0.616. The fourth-order valence-electron chi connectivity index (χ4n) is 3.23. The minimum atomic E-state index is -0.925. The van der Waals surface area contributed by atoms with Gasteiger partial charge in [-0.2, -0.15) is 0 Å². The zero-order chi connectivity index (χ0) is 20.2. The van der Waals surface area contributed by atoms with Gasteiger partial charge in [0.05, 0.1) is 6.54 Å². The molecule has 29 heavy (non-hydrogen) atoms. The molecule has 9 nitrogen and oxygen atoms in total. The van der Waals surface area contributed by atoms with E-state index >= 15 is 0 Å². The van der Waals surface area contributed by atoms with Crippen LogP contribution in [-0.2, 0) is 6.54 Å². The molecule has 0 radical (unpaired) electrons. The van der Waals surface area contributed by atoms with E-state index in [1.54, 1.807) is 30.5 Å². The van der Waals surface area contributed by atoms with Crippen LogP contribution < -0.4 is 15.4 Å². The molecule has 0 spiro atoms. The van der Waals surface area contributed by atoms with Gasteiger partial charge in [0.2, 0.25) is 0 Å². The molecule has 0 unspecified atom stereocenters. The van der Waals surface area contributed by atoms with Crippen LogP contribution in [-0.4, -0.2) is 50.7 Å². The average molecular weight is 395 g/mol. The number of imidazole rings is 1. The van der Waals surface area contributed by atoms with Crippen molar-refractivity contribution in [2.75, 3.05) is 18.4 Å². The van der Waals surface area contributed by atoms with Crippen molar-refractivity contribution in [3.8, 4) is 5.75 Å². The highest BCUT2D eigenvalue weighted by atomic mass is 16.5. The number of anilines is 1. The maximum Gasteiger partial charge on any atom is 0.407 e. The van der Waals surface area contributed by atoms with Crippen molar-refractivity contribution >= 4 is 23.5 Å². The minimum absolute atomic E-state index is 0.152. The topological polar surface area (TPSA) is 108 Å². The first-order chi connectivity index (χ1) is 14.1. The van der Waals surface area contributed by atoms with E-state index in [1.807, 2.05) is 28.9 Å². The van der Waals surface area contributed by atoms with Crippen molar-refractivity contribution in [1.82, 2.24) is 19.6 Å². The van der Waals surface area contributed by atoms with Crippen molar-refractivity contribution in [2.45, 2.75) is 19.1 Å². The molecule has 0 aliphatic carbocycles. The van der Waals surface area contributed by atoms with E-state index in [4.69, 9.17) is 9.84 Å². The molecular weight excluding hydrogens is 374 g/mol. The molecule has 3 heterocycles. The predicted octanol–water partition coefficient (Wildman–Crippen LogP) is 2.79. The average Bonchev–Trinajstić information content (AvgIpc) is 3.37. The van der Waals surface area contributed by atoms with Gasteiger partial charge in [-0.05, 0) is 42.0 Å². The molecule has 2 aromatic heterocycles. The van der Waals surface area contributed by atoms with Crippen LogP contribution in [0.3, 0.4) is 0 Å². The van der Waals surface area contributed by atoms with Gasteiger partial charge in [0.25, 0.3) is 0 Å². The molecule has 0 saturated carbocycles. The van der Waals surface area contributed by atoms with Crippen LogP contribution in [0, 0.1) is 0 Å². The highest BCUT2D eigenvalue weighted by molar-refractivity contribution is 5.89. The second-order valence-corrected chi connectivity index (χ2v) is 6.82. The zero-order valence-electron chi connectivity index (χ0n) is 15.6. The highest BCUT2D eigenvalue weighted by Crippen LogP contribution is 2.20. The predicted molar refractivity (Wildman–Crippen MR) is 106 cm³/mol. The minimum Gasteiger partial charge on any atom is -0.489 e. The summed E-state index contributed by atoms with van der Waals surface area (Å²) in [7, 11) is 0. The third-order valence-corrected chi connectivity index (χ3v) is 4.75. The smallest absolute Gasteiger partial charge is 0.407 e. The number of amides is 3. The maximum absolute atomic E-state index is 12.1. The summed E-state index contributed by atoms with van der Waals surface area (Å²) in [5, 5.41) is 14.6. The normalized spacial score (nSPS) is 16.0. The van der Waals surface area contributed by atoms with Crippen LogP contribution in [0.4, 0.5) is 15.3 Å². The van der Waals surface area contributed by atoms with E-state index in [0.717, 1.165) is 11.2 Å². The lowest BCUT2D eigenvalue weighted by Crippen LogP contribution is -2.29. The number of urea groups is 1. The third kappa shape index (κ3) is 4.57. The van der Waals surface area contributed by atoms with Crippen molar-refractivity contribution in [3.63, 3.8) is 0 Å². The van der Waals surface area contributed by atoms with Crippen LogP contribution in [0.25, 0.3) is 5.65 Å². The standard InChI is InChI=1S/C20H21N5O4/c26-19(22-12-14-5-8-24-10-7-21-18(24)11-14)23-15-1-3-16(4-2-15)29-17-6-9-25(13-17)20(27)28/h1-5,7-8,10-11,17H,6,9,12-13H2,(H,27,28)(H2,22,23,26)/t17-/m0/s1. The largest absolute Gasteiger partial charge is 0.489 e. The molecule has 150 valence electrons. The fourth-order valence-corrected chi connectivity index (χ4v) is 3.23. The Hall–Kier alpha value is -3.75. The maximum atomic E-state index is 12.1. The van der Waals surface area contributed by atoms with Crippen molar-refractivity contribution < 1.29 is 19.4 Å². The Morgan fingerprint density at radius 3 is 2.79 bits per heavy atom. The van der Waals surface area contributed by atoms with E-state index in [1.165, 1.54) is 4.90 Å². The summed E-state index contributed by atoms with van der Waals surface area (Å²) in [6.45, 7) is 1.23. The van der Waals surface area contributed by atoms with Gasteiger partial charge in [0, 0.05) is 43.8 Å². The fraction of sp³-hybridized carbons (Fsp3) is 0.250. The SMILES string of the molecule is O=C(NCc1ccn2ccnc2c1)Nc1ccc(O[C@H]2CCN(C(=O)O)C2)cc1. The number of carbonyl (C=O) groups excluding carboxylic acids is 1. The number of carboxylic acid groups (broad SMARTS) is 1. The van der Waals surface area contributed by atoms with E-state index in [9.17, 15) is 9.59 Å². The van der Waals surface area contributed by atoms with Crippen LogP contribution in [0.2, 0.25) is 0 Å². The van der Waals surface area contributed by atoms with E-state index in [0.29, 0.717) is 37.5 Å². The van der Waals surface area contributed by atoms with Crippen LogP contribution in [0.1, 0.15) is 12.0 Å². The first kappa shape index (κ1) is 18.6. The van der Waals surface area contributed by atoms with Crippen LogP contribution in [0.5, 0.6) is 5.75 Å². The summed E-state index contributed by atoms with van der Waals surface area (Å²) in [4.78, 5) is 28.6. The number of fused-ring (bicyclic) bond motifs is 1. The second-order valence-electron chi connectivity index (χ2n) is 6.82. The lowest BCUT2D eigenvalue weighted by atomic mass is 10.2. The van der Waals surface area contributed by atoms with Crippen molar-refractivity contribution in [3.05, 3.63) is 60.6 Å². The molecule has 3 amide bonds. The van der Waals surface area contributed by atoms with Gasteiger partial charge in [-0.15, -0.1) is 0 Å². The lowest BCUT2D eigenvalue weighted by Gasteiger charge is -2.15. The number of pyridine rings is 1. The number of carbonyl (C=O) groups is 2. The van der Waals surface area contributed by atoms with Gasteiger partial charge < -0.3 is 29.8 Å². The Balaban J connectivity index is 1.26. The molecule has 1 aromatic carbocycles. The molecule has 3 aromatic rings. The molecule has 3 N–H and O–H groups in total. The summed E-state index contributed by atoms with van der Waals surface area (Å²) in [5.41, 5.74) is 2.42. The number of aromatic nitrogens is 2. The molecule has 4 rings (SSSR count). The van der Waals surface area contributed by atoms with Crippen LogP contribution >= 0.6 is 0 Å². The molecule has 1 aliphatic heterocycles. The van der Waals surface area contributed by atoms with Gasteiger partial charge >= 0.3 is 12.1 Å². The number of rotatable bonds is 5. The first-order valence-electron chi connectivity index (χ1n) is 9.28. The van der Waals surface area contributed by atoms with Crippen molar-refractivity contribution in [1.29, 1.82) is 0 Å². The summed E-state index contributed by atoms with van der Waals surface area (Å²) < 4.78 is 7.71. The van der Waals surface area contributed by atoms with E-state index in [-0.39, 0.29) is 12.1 Å². The molecular formula is C20H21N5O4. The second kappa shape index (κ2) is 8.09.